The third kappa shape index (κ3) is 3.89. The number of cyclic esters (lactones) is 1. The summed E-state index contributed by atoms with van der Waals surface area (Å²) in [6.07, 6.45) is 1.30. The van der Waals surface area contributed by atoms with E-state index in [-0.39, 0.29) is 11.4 Å². The lowest BCUT2D eigenvalue weighted by Crippen LogP contribution is -2.06. The minimum atomic E-state index is -0.981. The van der Waals surface area contributed by atoms with Gasteiger partial charge in [0.2, 0.25) is 0 Å². The van der Waals surface area contributed by atoms with Crippen LogP contribution < -0.4 is 0 Å². The molecule has 0 aromatic heterocycles. The fourth-order valence-corrected chi connectivity index (χ4v) is 0.771. The van der Waals surface area contributed by atoms with Gasteiger partial charge in [-0.3, -0.25) is 4.79 Å². The number of allylic oxidation sites excluding steroid dienone is 1. The van der Waals surface area contributed by atoms with E-state index in [4.69, 9.17) is 9.84 Å². The first-order valence-electron chi connectivity index (χ1n) is 4.05. The summed E-state index contributed by atoms with van der Waals surface area (Å²) in [5.41, 5.74) is -0.142. The maximum Gasteiger partial charge on any atom is 0.327 e. The Balaban J connectivity index is 0.000000292. The van der Waals surface area contributed by atoms with Gasteiger partial charge in [0.15, 0.2) is 0 Å². The molecule has 78 valence electrons. The van der Waals surface area contributed by atoms with Crippen molar-refractivity contribution in [1.82, 2.24) is 0 Å². The summed E-state index contributed by atoms with van der Waals surface area (Å²) in [4.78, 5) is 19.8. The van der Waals surface area contributed by atoms with E-state index in [1.165, 1.54) is 0 Å². The first-order valence-corrected chi connectivity index (χ1v) is 4.05. The zero-order valence-corrected chi connectivity index (χ0v) is 8.37. The van der Waals surface area contributed by atoms with E-state index in [0.717, 1.165) is 6.08 Å². The second-order valence-corrected chi connectivity index (χ2v) is 3.50. The molecule has 1 rings (SSSR count). The zero-order chi connectivity index (χ0) is 11.4. The lowest BCUT2D eigenvalue weighted by molar-refractivity contribution is -0.135. The number of carbonyl (C=O) groups excluding carboxylic acids is 1. The van der Waals surface area contributed by atoms with E-state index in [2.05, 4.69) is 13.2 Å². The van der Waals surface area contributed by atoms with E-state index >= 15 is 0 Å². The number of esters is 1. The fourth-order valence-electron chi connectivity index (χ4n) is 0.771. The first-order chi connectivity index (χ1) is 6.29. The van der Waals surface area contributed by atoms with Gasteiger partial charge in [0.25, 0.3) is 0 Å². The van der Waals surface area contributed by atoms with Gasteiger partial charge >= 0.3 is 11.9 Å². The van der Waals surface area contributed by atoms with Crippen molar-refractivity contribution < 1.29 is 19.4 Å². The summed E-state index contributed by atoms with van der Waals surface area (Å²) < 4.78 is 4.74. The topological polar surface area (TPSA) is 63.6 Å². The van der Waals surface area contributed by atoms with Crippen LogP contribution in [0.1, 0.15) is 20.3 Å². The van der Waals surface area contributed by atoms with E-state index in [1.807, 2.05) is 13.8 Å². The molecule has 4 heteroatoms. The Morgan fingerprint density at radius 3 is 2.14 bits per heavy atom. The molecule has 0 atom stereocenters. The molecule has 1 heterocycles. The molecule has 0 amide bonds. The maximum atomic E-state index is 10.6. The Kier molecular flexibility index (Phi) is 4.08. The van der Waals surface area contributed by atoms with Crippen LogP contribution in [0, 0.1) is 5.41 Å². The summed E-state index contributed by atoms with van der Waals surface area (Å²) in [5, 5.41) is 7.60. The number of carboxylic acids is 1. The van der Waals surface area contributed by atoms with Gasteiger partial charge < -0.3 is 9.84 Å². The molecule has 0 radical (unpaired) electrons. The summed E-state index contributed by atoms with van der Waals surface area (Å²) in [6, 6.07) is 0. The zero-order valence-electron chi connectivity index (χ0n) is 8.37. The van der Waals surface area contributed by atoms with Crippen molar-refractivity contribution in [3.63, 3.8) is 0 Å². The second kappa shape index (κ2) is 4.60. The number of carboxylic acid groups (broad SMARTS) is 1. The second-order valence-electron chi connectivity index (χ2n) is 3.50. The van der Waals surface area contributed by atoms with Crippen LogP contribution in [0.3, 0.4) is 0 Å². The predicted octanol–water partition coefficient (Wildman–Crippen LogP) is 1.73. The fraction of sp³-hybridized carbons (Fsp3) is 0.400. The lowest BCUT2D eigenvalue weighted by atomic mass is 9.90. The van der Waals surface area contributed by atoms with Crippen LogP contribution >= 0.6 is 0 Å². The molecule has 0 bridgehead atoms. The molecule has 0 aliphatic carbocycles. The normalized spacial score (nSPS) is 17.9. The minimum Gasteiger partial charge on any atom is -0.478 e. The van der Waals surface area contributed by atoms with Crippen LogP contribution in [-0.2, 0) is 14.3 Å². The molecule has 1 aliphatic rings. The van der Waals surface area contributed by atoms with Gasteiger partial charge in [0, 0.05) is 11.5 Å². The van der Waals surface area contributed by atoms with Crippen molar-refractivity contribution in [3.05, 3.63) is 25.0 Å². The van der Waals surface area contributed by atoms with E-state index in [0.29, 0.717) is 12.2 Å². The first kappa shape index (κ1) is 12.4. The minimum absolute atomic E-state index is 0.142. The Labute approximate surface area is 82.9 Å². The van der Waals surface area contributed by atoms with Gasteiger partial charge in [0.05, 0.1) is 6.42 Å². The number of carbonyl (C=O) groups is 2. The van der Waals surface area contributed by atoms with Crippen LogP contribution in [0.25, 0.3) is 0 Å². The largest absolute Gasteiger partial charge is 0.478 e. The van der Waals surface area contributed by atoms with Crippen molar-refractivity contribution in [2.45, 2.75) is 20.3 Å². The van der Waals surface area contributed by atoms with Gasteiger partial charge in [-0.2, -0.15) is 0 Å². The predicted molar refractivity (Wildman–Crippen MR) is 51.5 cm³/mol. The highest BCUT2D eigenvalue weighted by atomic mass is 16.5. The van der Waals surface area contributed by atoms with Crippen LogP contribution in [0.5, 0.6) is 0 Å². The Bertz CT molecular complexity index is 276. The molecule has 0 aromatic carbocycles. The highest BCUT2D eigenvalue weighted by molar-refractivity contribution is 5.78. The lowest BCUT2D eigenvalue weighted by Gasteiger charge is -2.12. The number of hydrogen-bond acceptors (Lipinski definition) is 3. The highest BCUT2D eigenvalue weighted by Crippen LogP contribution is 2.36. The summed E-state index contributed by atoms with van der Waals surface area (Å²) >= 11 is 0. The molecule has 1 N–H and O–H groups in total. The SMILES string of the molecule is C=C1OC(=O)CC1(C)C.C=CC(=O)O. The summed E-state index contributed by atoms with van der Waals surface area (Å²) in [6.45, 7) is 10.5. The van der Waals surface area contributed by atoms with Crippen molar-refractivity contribution >= 4 is 11.9 Å². The summed E-state index contributed by atoms with van der Waals surface area (Å²) in [7, 11) is 0. The average molecular weight is 198 g/mol. The van der Waals surface area contributed by atoms with Gasteiger partial charge in [-0.05, 0) is 0 Å². The van der Waals surface area contributed by atoms with E-state index in [9.17, 15) is 9.59 Å². The van der Waals surface area contributed by atoms with Crippen LogP contribution in [0.15, 0.2) is 25.0 Å². The molecular weight excluding hydrogens is 184 g/mol. The third-order valence-electron chi connectivity index (χ3n) is 1.75. The summed E-state index contributed by atoms with van der Waals surface area (Å²) in [5.74, 6) is -0.553. The monoisotopic (exact) mass is 198 g/mol. The average Bonchev–Trinajstić information content (AvgIpc) is 2.25. The molecule has 0 unspecified atom stereocenters. The smallest absolute Gasteiger partial charge is 0.327 e. The standard InChI is InChI=1S/C7H10O2.C3H4O2/c1-5-7(2,3)4-6(8)9-5;1-2-3(4)5/h1,4H2,2-3H3;2H,1H2,(H,4,5). The van der Waals surface area contributed by atoms with Crippen molar-refractivity contribution in [3.8, 4) is 0 Å². The van der Waals surface area contributed by atoms with Crippen molar-refractivity contribution in [1.29, 1.82) is 0 Å². The van der Waals surface area contributed by atoms with Crippen molar-refractivity contribution in [2.24, 2.45) is 5.41 Å². The maximum absolute atomic E-state index is 10.6. The van der Waals surface area contributed by atoms with Crippen LogP contribution in [0.4, 0.5) is 0 Å². The van der Waals surface area contributed by atoms with Gasteiger partial charge in [-0.15, -0.1) is 0 Å². The van der Waals surface area contributed by atoms with E-state index in [1.54, 1.807) is 0 Å². The molecule has 0 spiro atoms. The molecule has 1 fully saturated rings. The number of aliphatic carboxylic acids is 1. The van der Waals surface area contributed by atoms with Gasteiger partial charge in [-0.25, -0.2) is 4.79 Å². The molecule has 4 nitrogen and oxygen atoms in total. The number of ether oxygens (including phenoxy) is 1. The molecular formula is C10H14O4. The van der Waals surface area contributed by atoms with Crippen LogP contribution in [0.2, 0.25) is 0 Å². The Hall–Kier alpha value is -1.58. The molecule has 0 saturated carbocycles. The number of hydrogen-bond donors (Lipinski definition) is 1. The van der Waals surface area contributed by atoms with Gasteiger partial charge in [-0.1, -0.05) is 27.0 Å². The number of rotatable bonds is 1. The van der Waals surface area contributed by atoms with E-state index < -0.39 is 5.97 Å². The molecule has 14 heavy (non-hydrogen) atoms. The Morgan fingerprint density at radius 1 is 1.64 bits per heavy atom. The highest BCUT2D eigenvalue weighted by Gasteiger charge is 2.35. The quantitative estimate of drug-likeness (QED) is 0.514. The van der Waals surface area contributed by atoms with Crippen molar-refractivity contribution in [2.75, 3.05) is 0 Å². The molecule has 0 aromatic rings. The Morgan fingerprint density at radius 2 is 2.07 bits per heavy atom. The molecule has 1 aliphatic heterocycles. The van der Waals surface area contributed by atoms with Gasteiger partial charge in [0.1, 0.15) is 5.76 Å². The molecule has 1 saturated heterocycles. The van der Waals surface area contributed by atoms with Crippen LogP contribution in [-0.4, -0.2) is 17.0 Å². The third-order valence-corrected chi connectivity index (χ3v) is 1.75.